The lowest BCUT2D eigenvalue weighted by atomic mass is 9.70. The van der Waals surface area contributed by atoms with Gasteiger partial charge in [-0.3, -0.25) is 0 Å². The van der Waals surface area contributed by atoms with E-state index < -0.39 is 5.41 Å². The maximum Gasteiger partial charge on any atom is 0.0726 e. The minimum Gasteiger partial charge on any atom is -0.310 e. The number of anilines is 3. The van der Waals surface area contributed by atoms with Crippen molar-refractivity contribution in [3.63, 3.8) is 0 Å². The van der Waals surface area contributed by atoms with Crippen molar-refractivity contribution in [1.82, 2.24) is 4.57 Å². The van der Waals surface area contributed by atoms with Crippen LogP contribution in [0.2, 0.25) is 0 Å². The molecule has 0 unspecified atom stereocenters. The van der Waals surface area contributed by atoms with E-state index in [-0.39, 0.29) is 0 Å². The fourth-order valence-electron chi connectivity index (χ4n) is 14.4. The molecule has 1 spiro atoms. The van der Waals surface area contributed by atoms with Crippen molar-refractivity contribution >= 4 is 71.2 Å². The number of hydrogen-bond donors (Lipinski definition) is 0. The highest BCUT2D eigenvalue weighted by atomic mass is 15.1. The van der Waals surface area contributed by atoms with Crippen molar-refractivity contribution in [2.24, 2.45) is 0 Å². The van der Waals surface area contributed by atoms with Gasteiger partial charge in [0.1, 0.15) is 0 Å². The van der Waals surface area contributed by atoms with Gasteiger partial charge in [0.2, 0.25) is 0 Å². The van der Waals surface area contributed by atoms with Gasteiger partial charge in [-0.15, -0.1) is 0 Å². The first-order valence-corrected chi connectivity index (χ1v) is 28.2. The molecule has 0 saturated carbocycles. The number of rotatable bonds is 7. The van der Waals surface area contributed by atoms with E-state index in [1.807, 2.05) is 0 Å². The summed E-state index contributed by atoms with van der Waals surface area (Å²) in [6, 6.07) is 113. The molecule has 0 bridgehead atoms. The molecule has 81 heavy (non-hydrogen) atoms. The zero-order valence-corrected chi connectivity index (χ0v) is 44.3. The van der Waals surface area contributed by atoms with Crippen LogP contribution < -0.4 is 4.90 Å². The van der Waals surface area contributed by atoms with Crippen LogP contribution in [0.3, 0.4) is 0 Å². The number of hydrogen-bond acceptors (Lipinski definition) is 1. The molecule has 0 N–H and O–H groups in total. The average molecular weight is 1030 g/mol. The maximum absolute atomic E-state index is 2.56. The van der Waals surface area contributed by atoms with Crippen LogP contribution >= 0.6 is 0 Å². The minimum atomic E-state index is -0.613. The highest BCUT2D eigenvalue weighted by Gasteiger charge is 2.52. The first kappa shape index (κ1) is 45.5. The van der Waals surface area contributed by atoms with Crippen molar-refractivity contribution in [1.29, 1.82) is 0 Å². The van der Waals surface area contributed by atoms with Gasteiger partial charge in [0.05, 0.1) is 16.4 Å². The summed E-state index contributed by atoms with van der Waals surface area (Å²) in [4.78, 5) is 2.49. The van der Waals surface area contributed by atoms with E-state index in [9.17, 15) is 0 Å². The summed E-state index contributed by atoms with van der Waals surface area (Å²) in [7, 11) is 0. The molecule has 1 aromatic heterocycles. The second-order valence-electron chi connectivity index (χ2n) is 21.9. The Morgan fingerprint density at radius 3 is 1.41 bits per heavy atom. The van der Waals surface area contributed by atoms with E-state index in [4.69, 9.17) is 0 Å². The Hall–Kier alpha value is -10.5. The normalized spacial score (nSPS) is 12.8. The molecule has 376 valence electrons. The third-order valence-corrected chi connectivity index (χ3v) is 17.8. The molecule has 1 heterocycles. The number of fused-ring (bicyclic) bond motifs is 16. The first-order valence-electron chi connectivity index (χ1n) is 28.2. The Balaban J connectivity index is 0.902. The summed E-state index contributed by atoms with van der Waals surface area (Å²) in [6.45, 7) is 0. The molecular weight excluding hydrogens is 977 g/mol. The van der Waals surface area contributed by atoms with Crippen molar-refractivity contribution in [2.75, 3.05) is 4.90 Å². The van der Waals surface area contributed by atoms with Gasteiger partial charge in [0.15, 0.2) is 0 Å². The van der Waals surface area contributed by atoms with Gasteiger partial charge in [-0.1, -0.05) is 231 Å². The summed E-state index contributed by atoms with van der Waals surface area (Å²) in [5.74, 6) is 0. The lowest BCUT2D eigenvalue weighted by Gasteiger charge is -2.32. The van der Waals surface area contributed by atoms with E-state index in [1.54, 1.807) is 0 Å². The zero-order chi connectivity index (χ0) is 53.2. The van der Waals surface area contributed by atoms with Gasteiger partial charge >= 0.3 is 0 Å². The molecule has 2 aliphatic rings. The van der Waals surface area contributed by atoms with Crippen molar-refractivity contribution in [3.05, 3.63) is 326 Å². The fourth-order valence-corrected chi connectivity index (χ4v) is 14.4. The Labute approximate surface area is 470 Å². The van der Waals surface area contributed by atoms with Gasteiger partial charge in [0.25, 0.3) is 0 Å². The van der Waals surface area contributed by atoms with Crippen LogP contribution in [-0.2, 0) is 5.41 Å². The van der Waals surface area contributed by atoms with Crippen LogP contribution in [-0.4, -0.2) is 4.57 Å². The molecule has 15 aromatic rings. The fraction of sp³-hybridized carbons (Fsp3) is 0.0127. The third kappa shape index (κ3) is 6.68. The first-order chi connectivity index (χ1) is 40.2. The minimum absolute atomic E-state index is 0.613. The van der Waals surface area contributed by atoms with E-state index in [2.05, 4.69) is 313 Å². The number of nitrogens with zero attached hydrogens (tertiary/aromatic N) is 2. The molecule has 2 nitrogen and oxygen atoms in total. The van der Waals surface area contributed by atoms with Crippen LogP contribution in [0.25, 0.3) is 115 Å². The van der Waals surface area contributed by atoms with Gasteiger partial charge in [0, 0.05) is 33.5 Å². The van der Waals surface area contributed by atoms with Gasteiger partial charge in [-0.2, -0.15) is 0 Å². The number of para-hydroxylation sites is 2. The molecule has 17 rings (SSSR count). The maximum atomic E-state index is 2.56. The predicted molar refractivity (Wildman–Crippen MR) is 341 cm³/mol. The molecule has 0 saturated heterocycles. The smallest absolute Gasteiger partial charge is 0.0726 e. The lowest BCUT2D eigenvalue weighted by molar-refractivity contribution is 0.794. The summed E-state index contributed by atoms with van der Waals surface area (Å²) >= 11 is 0. The molecule has 14 aromatic carbocycles. The standard InChI is InChI=1S/C79H50N2/c1-3-20-53(21-4-1)77-66-28-9-11-30-68(66)78(69-31-12-10-29-67(69)77)56-39-44-63-64-45-42-60(50-74(64)79(73(63)48-56)71-32-16-13-25-61(71)62-26-14-17-33-72(62)79)80(58-40-37-52(38-41-58)55-36-35-51-19-7-8-22-54(51)47-55)59-43-46-76-70(49-59)65-27-15-18-34-75(65)81(76)57-23-5-2-6-24-57/h1-50H. The van der Waals surface area contributed by atoms with Crippen molar-refractivity contribution in [3.8, 4) is 61.3 Å². The van der Waals surface area contributed by atoms with E-state index in [1.165, 1.54) is 132 Å². The lowest BCUT2D eigenvalue weighted by Crippen LogP contribution is -2.26. The molecule has 0 atom stereocenters. The molecule has 2 heteroatoms. The average Bonchev–Trinajstić information content (AvgIpc) is 2.01. The highest BCUT2D eigenvalue weighted by Crippen LogP contribution is 2.64. The molecule has 0 amide bonds. The van der Waals surface area contributed by atoms with Crippen molar-refractivity contribution < 1.29 is 0 Å². The quantitative estimate of drug-likeness (QED) is 0.144. The van der Waals surface area contributed by atoms with E-state index in [0.29, 0.717) is 0 Å². The zero-order valence-electron chi connectivity index (χ0n) is 44.3. The topological polar surface area (TPSA) is 8.17 Å². The summed E-state index contributed by atoms with van der Waals surface area (Å²) < 4.78 is 2.40. The summed E-state index contributed by atoms with van der Waals surface area (Å²) in [6.07, 6.45) is 0. The summed E-state index contributed by atoms with van der Waals surface area (Å²) in [5, 5.41) is 9.92. The second-order valence-corrected chi connectivity index (χ2v) is 21.9. The number of benzene rings is 14. The van der Waals surface area contributed by atoms with Crippen LogP contribution in [0.15, 0.2) is 303 Å². The SMILES string of the molecule is c1ccc(-c2c3ccccc3c(-c3ccc4c(c3)C3(c5ccccc5-c5ccccc53)c3cc(N(c5ccc(-c6ccc7ccccc7c6)cc5)c5ccc6c(c5)c5ccccc5n6-c5ccccc5)ccc3-4)c3ccccc23)cc1. The largest absolute Gasteiger partial charge is 0.310 e. The highest BCUT2D eigenvalue weighted by molar-refractivity contribution is 6.21. The Morgan fingerprint density at radius 2 is 0.716 bits per heavy atom. The molecule has 0 radical (unpaired) electrons. The van der Waals surface area contributed by atoms with E-state index in [0.717, 1.165) is 22.7 Å². The van der Waals surface area contributed by atoms with Crippen LogP contribution in [0, 0.1) is 0 Å². The van der Waals surface area contributed by atoms with Crippen molar-refractivity contribution in [2.45, 2.75) is 5.41 Å². The van der Waals surface area contributed by atoms with Gasteiger partial charge in [-0.25, -0.2) is 0 Å². The Morgan fingerprint density at radius 1 is 0.247 bits per heavy atom. The van der Waals surface area contributed by atoms with E-state index >= 15 is 0 Å². The van der Waals surface area contributed by atoms with Gasteiger partial charge < -0.3 is 9.47 Å². The molecule has 0 fully saturated rings. The third-order valence-electron chi connectivity index (χ3n) is 17.8. The number of aromatic nitrogens is 1. The summed E-state index contributed by atoms with van der Waals surface area (Å²) in [5.41, 5.74) is 23.8. The monoisotopic (exact) mass is 1030 g/mol. The Kier molecular flexibility index (Phi) is 9.96. The van der Waals surface area contributed by atoms with Crippen LogP contribution in [0.5, 0.6) is 0 Å². The molecule has 0 aliphatic heterocycles. The predicted octanol–water partition coefficient (Wildman–Crippen LogP) is 21.1. The Bertz CT molecular complexity index is 4940. The van der Waals surface area contributed by atoms with Crippen LogP contribution in [0.4, 0.5) is 17.1 Å². The van der Waals surface area contributed by atoms with Gasteiger partial charge in [-0.05, 0) is 183 Å². The molecular formula is C79H50N2. The molecule has 2 aliphatic carbocycles. The second kappa shape index (κ2) is 17.7. The van der Waals surface area contributed by atoms with Crippen LogP contribution in [0.1, 0.15) is 22.3 Å².